The van der Waals surface area contributed by atoms with Crippen LogP contribution in [0.1, 0.15) is 35.6 Å². The molecule has 118 valence electrons. The van der Waals surface area contributed by atoms with Gasteiger partial charge in [-0.25, -0.2) is 0 Å². The lowest BCUT2D eigenvalue weighted by molar-refractivity contribution is 0.463. The maximum Gasteiger partial charge on any atom is 0.104 e. The van der Waals surface area contributed by atoms with Crippen LogP contribution in [-0.4, -0.2) is 22.3 Å². The number of H-pyrrole nitrogens is 1. The molecule has 0 saturated carbocycles. The zero-order valence-corrected chi connectivity index (χ0v) is 13.4. The van der Waals surface area contributed by atoms with Crippen molar-refractivity contribution < 1.29 is 0 Å². The Morgan fingerprint density at radius 2 is 1.88 bits per heavy atom. The average Bonchev–Trinajstić information content (AvgIpc) is 3.30. The van der Waals surface area contributed by atoms with Crippen LogP contribution >= 0.6 is 0 Å². The Balaban J connectivity index is 1.73. The molecule has 0 aliphatic carbocycles. The van der Waals surface area contributed by atoms with Crippen molar-refractivity contribution in [1.82, 2.24) is 9.88 Å². The monoisotopic (exact) mass is 313 g/mol. The van der Waals surface area contributed by atoms with Gasteiger partial charge in [-0.05, 0) is 29.7 Å². The van der Waals surface area contributed by atoms with E-state index < -0.39 is 0 Å². The molecule has 3 nitrogen and oxygen atoms in total. The lowest BCUT2D eigenvalue weighted by atomic mass is 9.90. The fourth-order valence-corrected chi connectivity index (χ4v) is 3.92. The van der Waals surface area contributed by atoms with Crippen LogP contribution in [0.25, 0.3) is 17.0 Å². The van der Waals surface area contributed by atoms with E-state index >= 15 is 0 Å². The van der Waals surface area contributed by atoms with Gasteiger partial charge in [-0.3, -0.25) is 4.99 Å². The Labute approximate surface area is 141 Å². The van der Waals surface area contributed by atoms with E-state index in [1.807, 2.05) is 0 Å². The lowest BCUT2D eigenvalue weighted by Crippen LogP contribution is -2.32. The van der Waals surface area contributed by atoms with Gasteiger partial charge >= 0.3 is 0 Å². The van der Waals surface area contributed by atoms with E-state index in [1.54, 1.807) is 0 Å². The third kappa shape index (κ3) is 2.01. The summed E-state index contributed by atoms with van der Waals surface area (Å²) in [5.41, 5.74) is 5.15. The molecule has 0 fully saturated rings. The number of benzene rings is 2. The van der Waals surface area contributed by atoms with Crippen LogP contribution in [0.3, 0.4) is 0 Å². The molecule has 1 aromatic heterocycles. The molecule has 0 bridgehead atoms. The summed E-state index contributed by atoms with van der Waals surface area (Å²) in [6.45, 7) is 0.946. The third-order valence-corrected chi connectivity index (χ3v) is 5.05. The Hall–Kier alpha value is -2.81. The van der Waals surface area contributed by atoms with Crippen LogP contribution in [0.4, 0.5) is 0 Å². The summed E-state index contributed by atoms with van der Waals surface area (Å²) in [7, 11) is 0. The van der Waals surface area contributed by atoms with Crippen LogP contribution in [-0.2, 0) is 0 Å². The molecule has 2 aromatic carbocycles. The van der Waals surface area contributed by atoms with Crippen LogP contribution in [0.5, 0.6) is 0 Å². The molecule has 0 radical (unpaired) electrons. The second kappa shape index (κ2) is 5.38. The Bertz CT molecular complexity index is 964. The highest BCUT2D eigenvalue weighted by atomic mass is 15.2. The zero-order valence-electron chi connectivity index (χ0n) is 13.4. The molecule has 0 amide bonds. The number of nitrogens with one attached hydrogen (secondary N) is 1. The van der Waals surface area contributed by atoms with E-state index in [0.29, 0.717) is 0 Å². The highest BCUT2D eigenvalue weighted by Crippen LogP contribution is 2.39. The van der Waals surface area contributed by atoms with Crippen molar-refractivity contribution in [3.8, 4) is 0 Å². The number of amidine groups is 1. The Morgan fingerprint density at radius 1 is 1.00 bits per heavy atom. The minimum absolute atomic E-state index is 0.180. The van der Waals surface area contributed by atoms with Gasteiger partial charge in [0.15, 0.2) is 0 Å². The summed E-state index contributed by atoms with van der Waals surface area (Å²) in [5.74, 6) is 1.20. The van der Waals surface area contributed by atoms with Crippen LogP contribution in [0.2, 0.25) is 0 Å². The third-order valence-electron chi connectivity index (χ3n) is 5.05. The van der Waals surface area contributed by atoms with Crippen molar-refractivity contribution in [3.05, 3.63) is 77.6 Å². The minimum Gasteiger partial charge on any atom is -0.361 e. The predicted molar refractivity (Wildman–Crippen MR) is 99.0 cm³/mol. The number of aliphatic imine (C=N–C) groups is 1. The van der Waals surface area contributed by atoms with E-state index in [1.165, 1.54) is 33.4 Å². The summed E-state index contributed by atoms with van der Waals surface area (Å²) in [5, 5.41) is 1.29. The van der Waals surface area contributed by atoms with Crippen LogP contribution in [0, 0.1) is 0 Å². The highest BCUT2D eigenvalue weighted by molar-refractivity contribution is 5.90. The van der Waals surface area contributed by atoms with Crippen molar-refractivity contribution >= 4 is 22.8 Å². The second-order valence-corrected chi connectivity index (χ2v) is 6.45. The number of aromatic nitrogens is 1. The molecule has 2 aliphatic heterocycles. The highest BCUT2D eigenvalue weighted by Gasteiger charge is 2.30. The molecule has 5 rings (SSSR count). The van der Waals surface area contributed by atoms with E-state index in [4.69, 9.17) is 4.99 Å². The number of aromatic amines is 1. The molecular weight excluding hydrogens is 294 g/mol. The van der Waals surface area contributed by atoms with Gasteiger partial charge in [0, 0.05) is 41.8 Å². The molecule has 2 aliphatic rings. The van der Waals surface area contributed by atoms with E-state index in [2.05, 4.69) is 76.9 Å². The molecule has 3 aromatic rings. The van der Waals surface area contributed by atoms with Gasteiger partial charge in [-0.15, -0.1) is 0 Å². The quantitative estimate of drug-likeness (QED) is 0.691. The molecule has 1 unspecified atom stereocenters. The molecule has 1 atom stereocenters. The first-order valence-corrected chi connectivity index (χ1v) is 8.56. The van der Waals surface area contributed by atoms with E-state index in [-0.39, 0.29) is 6.04 Å². The van der Waals surface area contributed by atoms with E-state index in [9.17, 15) is 0 Å². The summed E-state index contributed by atoms with van der Waals surface area (Å²) >= 11 is 0. The SMILES string of the molecule is C1=CN(C2=NCCC2)C(c2c[nH]c3ccccc23)c2ccccc21. The van der Waals surface area contributed by atoms with E-state index in [0.717, 1.165) is 19.4 Å². The Morgan fingerprint density at radius 3 is 2.79 bits per heavy atom. The molecule has 0 spiro atoms. The first-order chi connectivity index (χ1) is 11.9. The normalized spacial score (nSPS) is 19.6. The van der Waals surface area contributed by atoms with Gasteiger partial charge in [0.2, 0.25) is 0 Å². The maximum absolute atomic E-state index is 4.75. The lowest BCUT2D eigenvalue weighted by Gasteiger charge is -2.35. The van der Waals surface area contributed by atoms with Gasteiger partial charge in [0.1, 0.15) is 5.84 Å². The van der Waals surface area contributed by atoms with Crippen molar-refractivity contribution in [2.45, 2.75) is 18.9 Å². The van der Waals surface area contributed by atoms with Crippen LogP contribution in [0.15, 0.2) is 65.9 Å². The van der Waals surface area contributed by atoms with Crippen molar-refractivity contribution in [3.63, 3.8) is 0 Å². The van der Waals surface area contributed by atoms with Gasteiger partial charge in [0.25, 0.3) is 0 Å². The molecular formula is C21H19N3. The number of nitrogens with zero attached hydrogens (tertiary/aromatic N) is 2. The number of hydrogen-bond acceptors (Lipinski definition) is 2. The topological polar surface area (TPSA) is 31.4 Å². The largest absolute Gasteiger partial charge is 0.361 e. The number of rotatable bonds is 1. The van der Waals surface area contributed by atoms with Crippen molar-refractivity contribution in [2.75, 3.05) is 6.54 Å². The molecule has 3 heterocycles. The molecule has 24 heavy (non-hydrogen) atoms. The smallest absolute Gasteiger partial charge is 0.104 e. The average molecular weight is 313 g/mol. The number of fused-ring (bicyclic) bond motifs is 2. The summed E-state index contributed by atoms with van der Waals surface area (Å²) in [6, 6.07) is 17.4. The Kier molecular flexibility index (Phi) is 3.05. The molecule has 1 N–H and O–H groups in total. The van der Waals surface area contributed by atoms with Crippen molar-refractivity contribution in [1.29, 1.82) is 0 Å². The van der Waals surface area contributed by atoms with Crippen LogP contribution < -0.4 is 0 Å². The number of hydrogen-bond donors (Lipinski definition) is 1. The summed E-state index contributed by atoms with van der Waals surface area (Å²) in [4.78, 5) is 10.6. The summed E-state index contributed by atoms with van der Waals surface area (Å²) in [6.07, 6.45) is 8.79. The molecule has 0 saturated heterocycles. The standard InChI is InChI=1S/C21H19N3/c1-2-7-16-15(6-1)11-13-24(20-10-5-12-22-20)21(16)18-14-23-19-9-4-3-8-17(18)19/h1-4,6-9,11,13-14,21,23H,5,10,12H2. The van der Waals surface area contributed by atoms with Gasteiger partial charge < -0.3 is 9.88 Å². The van der Waals surface area contributed by atoms with Gasteiger partial charge in [-0.1, -0.05) is 42.5 Å². The van der Waals surface area contributed by atoms with Gasteiger partial charge in [0.05, 0.1) is 6.04 Å². The summed E-state index contributed by atoms with van der Waals surface area (Å²) < 4.78 is 0. The first kappa shape index (κ1) is 13.6. The van der Waals surface area contributed by atoms with Crippen molar-refractivity contribution in [2.24, 2.45) is 4.99 Å². The predicted octanol–water partition coefficient (Wildman–Crippen LogP) is 4.74. The first-order valence-electron chi connectivity index (χ1n) is 8.56. The fraction of sp³-hybridized carbons (Fsp3) is 0.190. The maximum atomic E-state index is 4.75. The minimum atomic E-state index is 0.180. The molecule has 3 heteroatoms. The zero-order chi connectivity index (χ0) is 15.9. The second-order valence-electron chi connectivity index (χ2n) is 6.45. The number of para-hydroxylation sites is 1. The van der Waals surface area contributed by atoms with Gasteiger partial charge in [-0.2, -0.15) is 0 Å². The fourth-order valence-electron chi connectivity index (χ4n) is 3.92.